The number of carbonyl (C=O) groups excluding carboxylic acids is 1. The first-order valence-electron chi connectivity index (χ1n) is 8.54. The number of amides is 1. The van der Waals surface area contributed by atoms with Crippen LogP contribution >= 0.6 is 12.4 Å². The Bertz CT molecular complexity index is 568. The summed E-state index contributed by atoms with van der Waals surface area (Å²) in [6.45, 7) is 4.51. The highest BCUT2D eigenvalue weighted by Gasteiger charge is 2.34. The van der Waals surface area contributed by atoms with E-state index in [0.29, 0.717) is 43.1 Å². The van der Waals surface area contributed by atoms with Crippen molar-refractivity contribution in [3.8, 4) is 0 Å². The lowest BCUT2D eigenvalue weighted by Gasteiger charge is -2.30. The molecule has 3 rings (SSSR count). The smallest absolute Gasteiger partial charge is 0.223 e. The molecule has 2 unspecified atom stereocenters. The van der Waals surface area contributed by atoms with E-state index in [9.17, 15) is 9.18 Å². The molecule has 0 aliphatic carbocycles. The lowest BCUT2D eigenvalue weighted by molar-refractivity contribution is -0.132. The number of carbonyl (C=O) groups is 1. The Morgan fingerprint density at radius 2 is 1.96 bits per heavy atom. The van der Waals surface area contributed by atoms with Gasteiger partial charge in [-0.2, -0.15) is 0 Å². The molecule has 3 nitrogen and oxygen atoms in total. The van der Waals surface area contributed by atoms with E-state index in [-0.39, 0.29) is 24.1 Å². The fourth-order valence-electron chi connectivity index (χ4n) is 3.96. The van der Waals surface area contributed by atoms with Gasteiger partial charge < -0.3 is 10.2 Å². The summed E-state index contributed by atoms with van der Waals surface area (Å²) in [6.07, 6.45) is 6.93. The minimum absolute atomic E-state index is 0. The number of hydrogen-bond donors (Lipinski definition) is 1. The molecule has 2 fully saturated rings. The van der Waals surface area contributed by atoms with Gasteiger partial charge in [-0.05, 0) is 37.7 Å². The molecular weight excluding hydrogens is 327 g/mol. The van der Waals surface area contributed by atoms with Crippen molar-refractivity contribution in [1.29, 1.82) is 0 Å². The third-order valence-corrected chi connectivity index (χ3v) is 5.06. The summed E-state index contributed by atoms with van der Waals surface area (Å²) in [5.74, 6) is 0.308. The lowest BCUT2D eigenvalue weighted by Crippen LogP contribution is -2.40. The highest BCUT2D eigenvalue weighted by molar-refractivity contribution is 5.85. The molecule has 0 radical (unpaired) electrons. The molecule has 0 spiro atoms. The Balaban J connectivity index is 0.00000208. The Morgan fingerprint density at radius 1 is 1.29 bits per heavy atom. The molecule has 2 atom stereocenters. The number of benzene rings is 1. The molecule has 0 saturated carbocycles. The molecular formula is C19H26ClFN2O. The molecule has 2 aliphatic rings. The van der Waals surface area contributed by atoms with Crippen molar-refractivity contribution in [2.24, 2.45) is 5.92 Å². The van der Waals surface area contributed by atoms with Crippen LogP contribution in [-0.4, -0.2) is 29.4 Å². The molecule has 2 bridgehead atoms. The normalized spacial score (nSPS) is 25.0. The van der Waals surface area contributed by atoms with Gasteiger partial charge in [-0.25, -0.2) is 4.39 Å². The van der Waals surface area contributed by atoms with Crippen LogP contribution in [-0.2, 0) is 11.3 Å². The van der Waals surface area contributed by atoms with E-state index < -0.39 is 0 Å². The van der Waals surface area contributed by atoms with Gasteiger partial charge >= 0.3 is 0 Å². The van der Waals surface area contributed by atoms with Gasteiger partial charge in [0.1, 0.15) is 5.82 Å². The Kier molecular flexibility index (Phi) is 6.81. The van der Waals surface area contributed by atoms with Crippen LogP contribution in [0.2, 0.25) is 0 Å². The van der Waals surface area contributed by atoms with Crippen molar-refractivity contribution < 1.29 is 9.18 Å². The van der Waals surface area contributed by atoms with Crippen LogP contribution in [0.5, 0.6) is 0 Å². The van der Waals surface area contributed by atoms with Crippen molar-refractivity contribution in [3.05, 3.63) is 48.3 Å². The zero-order valence-electron chi connectivity index (χ0n) is 13.9. The van der Waals surface area contributed by atoms with Gasteiger partial charge in [0.2, 0.25) is 5.91 Å². The molecule has 2 heterocycles. The summed E-state index contributed by atoms with van der Waals surface area (Å²) >= 11 is 0. The molecule has 2 aliphatic heterocycles. The molecule has 24 heavy (non-hydrogen) atoms. The predicted molar refractivity (Wildman–Crippen MR) is 96.5 cm³/mol. The van der Waals surface area contributed by atoms with Crippen LogP contribution in [0, 0.1) is 11.7 Å². The quantitative estimate of drug-likeness (QED) is 0.792. The maximum absolute atomic E-state index is 13.9. The van der Waals surface area contributed by atoms with Crippen LogP contribution < -0.4 is 5.32 Å². The van der Waals surface area contributed by atoms with Gasteiger partial charge in [0.25, 0.3) is 0 Å². The van der Waals surface area contributed by atoms with Crippen molar-refractivity contribution >= 4 is 18.3 Å². The Hall–Kier alpha value is -1.39. The molecule has 132 valence electrons. The van der Waals surface area contributed by atoms with Gasteiger partial charge in [0.15, 0.2) is 0 Å². The van der Waals surface area contributed by atoms with Crippen LogP contribution in [0.4, 0.5) is 4.39 Å². The number of hydrogen-bond acceptors (Lipinski definition) is 2. The maximum Gasteiger partial charge on any atom is 0.223 e. The highest BCUT2D eigenvalue weighted by Crippen LogP contribution is 2.33. The first-order chi connectivity index (χ1) is 11.2. The van der Waals surface area contributed by atoms with Crippen molar-refractivity contribution in [2.45, 2.75) is 50.7 Å². The van der Waals surface area contributed by atoms with Gasteiger partial charge in [0.05, 0.1) is 0 Å². The number of piperidine rings is 1. The number of fused-ring (bicyclic) bond motifs is 2. The SMILES string of the molecule is C=CCN(Cc1ccccc1F)C(=O)CC1CC2CCC(C1)N2.Cl. The zero-order valence-corrected chi connectivity index (χ0v) is 14.7. The van der Waals surface area contributed by atoms with Crippen LogP contribution in [0.15, 0.2) is 36.9 Å². The topological polar surface area (TPSA) is 32.3 Å². The van der Waals surface area contributed by atoms with Crippen LogP contribution in [0.1, 0.15) is 37.7 Å². The second-order valence-electron chi connectivity index (χ2n) is 6.83. The number of nitrogens with one attached hydrogen (secondary N) is 1. The third kappa shape index (κ3) is 4.58. The predicted octanol–water partition coefficient (Wildman–Crippen LogP) is 3.68. The molecule has 1 aromatic rings. The fraction of sp³-hybridized carbons (Fsp3) is 0.526. The molecule has 1 N–H and O–H groups in total. The summed E-state index contributed by atoms with van der Waals surface area (Å²) in [7, 11) is 0. The summed E-state index contributed by atoms with van der Waals surface area (Å²) < 4.78 is 13.9. The van der Waals surface area contributed by atoms with E-state index in [1.54, 1.807) is 29.2 Å². The number of rotatable bonds is 6. The highest BCUT2D eigenvalue weighted by atomic mass is 35.5. The molecule has 5 heteroatoms. The Labute approximate surface area is 149 Å². The summed E-state index contributed by atoms with van der Waals surface area (Å²) in [5, 5.41) is 3.60. The minimum atomic E-state index is -0.255. The summed E-state index contributed by atoms with van der Waals surface area (Å²) in [4.78, 5) is 14.4. The van der Waals surface area contributed by atoms with Gasteiger partial charge in [-0.15, -0.1) is 19.0 Å². The molecule has 1 amide bonds. The standard InChI is InChI=1S/C19H25FN2O.ClH/c1-2-9-22(13-15-5-3-4-6-18(15)20)19(23)12-14-10-16-7-8-17(11-14)21-16;/h2-6,14,16-17,21H,1,7-13H2;1H. The second-order valence-corrected chi connectivity index (χ2v) is 6.83. The van der Waals surface area contributed by atoms with E-state index in [4.69, 9.17) is 0 Å². The van der Waals surface area contributed by atoms with Crippen LogP contribution in [0.3, 0.4) is 0 Å². The van der Waals surface area contributed by atoms with E-state index in [0.717, 1.165) is 12.8 Å². The minimum Gasteiger partial charge on any atom is -0.335 e. The van der Waals surface area contributed by atoms with Gasteiger partial charge in [0, 0.05) is 37.2 Å². The average Bonchev–Trinajstić information content (AvgIpc) is 2.87. The van der Waals surface area contributed by atoms with E-state index in [1.165, 1.54) is 18.9 Å². The fourth-order valence-corrected chi connectivity index (χ4v) is 3.96. The number of halogens is 2. The first-order valence-corrected chi connectivity index (χ1v) is 8.54. The largest absolute Gasteiger partial charge is 0.335 e. The molecule has 0 aromatic heterocycles. The second kappa shape index (κ2) is 8.63. The summed E-state index contributed by atoms with van der Waals surface area (Å²) in [5.41, 5.74) is 0.563. The van der Waals surface area contributed by atoms with Crippen molar-refractivity contribution in [1.82, 2.24) is 10.2 Å². The van der Waals surface area contributed by atoms with Gasteiger partial charge in [-0.1, -0.05) is 24.3 Å². The molecule has 2 saturated heterocycles. The van der Waals surface area contributed by atoms with Crippen molar-refractivity contribution in [2.75, 3.05) is 6.54 Å². The maximum atomic E-state index is 13.9. The van der Waals surface area contributed by atoms with E-state index >= 15 is 0 Å². The average molecular weight is 353 g/mol. The van der Waals surface area contributed by atoms with E-state index in [2.05, 4.69) is 11.9 Å². The molecule has 1 aromatic carbocycles. The Morgan fingerprint density at radius 3 is 2.58 bits per heavy atom. The first kappa shape index (κ1) is 18.9. The number of nitrogens with zero attached hydrogens (tertiary/aromatic N) is 1. The van der Waals surface area contributed by atoms with Crippen molar-refractivity contribution in [3.63, 3.8) is 0 Å². The summed E-state index contributed by atoms with van der Waals surface area (Å²) in [6, 6.07) is 7.83. The van der Waals surface area contributed by atoms with Gasteiger partial charge in [-0.3, -0.25) is 4.79 Å². The zero-order chi connectivity index (χ0) is 16.2. The van der Waals surface area contributed by atoms with E-state index in [1.807, 2.05) is 0 Å². The third-order valence-electron chi connectivity index (χ3n) is 5.06. The lowest BCUT2D eigenvalue weighted by atomic mass is 9.89. The van der Waals surface area contributed by atoms with Crippen LogP contribution in [0.25, 0.3) is 0 Å². The monoisotopic (exact) mass is 352 g/mol.